The van der Waals surface area contributed by atoms with Crippen molar-refractivity contribution in [3.8, 4) is 0 Å². The van der Waals surface area contributed by atoms with E-state index in [0.717, 1.165) is 17.0 Å². The van der Waals surface area contributed by atoms with Crippen molar-refractivity contribution in [2.24, 2.45) is 5.92 Å². The fourth-order valence-corrected chi connectivity index (χ4v) is 5.34. The Morgan fingerprint density at radius 1 is 1.26 bits per heavy atom. The van der Waals surface area contributed by atoms with Crippen molar-refractivity contribution < 1.29 is 0 Å². The smallest absolute Gasteiger partial charge is 0.0409 e. The molecular formula is C17H22ClN. The Kier molecular flexibility index (Phi) is 2.72. The molecule has 3 aliphatic rings. The third-order valence-electron chi connectivity index (χ3n) is 6.08. The van der Waals surface area contributed by atoms with Gasteiger partial charge in [-0.1, -0.05) is 30.5 Å². The number of likely N-dealkylation sites (tertiary alicyclic amines) is 1. The quantitative estimate of drug-likeness (QED) is 0.691. The van der Waals surface area contributed by atoms with E-state index in [2.05, 4.69) is 30.1 Å². The van der Waals surface area contributed by atoms with Gasteiger partial charge < -0.3 is 4.90 Å². The molecular weight excluding hydrogens is 254 g/mol. The predicted octanol–water partition coefficient (Wildman–Crippen LogP) is 4.03. The average molecular weight is 276 g/mol. The summed E-state index contributed by atoms with van der Waals surface area (Å²) >= 11 is 6.30. The van der Waals surface area contributed by atoms with E-state index < -0.39 is 0 Å². The zero-order chi connectivity index (χ0) is 13.0. The number of hydrogen-bond acceptors (Lipinski definition) is 1. The van der Waals surface area contributed by atoms with Gasteiger partial charge in [0, 0.05) is 16.5 Å². The molecule has 0 aromatic heterocycles. The molecule has 1 aliphatic heterocycles. The van der Waals surface area contributed by atoms with Gasteiger partial charge in [0.1, 0.15) is 0 Å². The molecule has 3 atom stereocenters. The van der Waals surface area contributed by atoms with Crippen LogP contribution in [0.15, 0.2) is 18.2 Å². The number of halogens is 1. The molecule has 102 valence electrons. The molecule has 1 unspecified atom stereocenters. The number of piperidine rings is 1. The third-order valence-corrected chi connectivity index (χ3v) is 6.31. The van der Waals surface area contributed by atoms with Crippen LogP contribution in [-0.2, 0) is 11.8 Å². The maximum Gasteiger partial charge on any atom is 0.0409 e. The predicted molar refractivity (Wildman–Crippen MR) is 79.8 cm³/mol. The molecule has 2 aliphatic carbocycles. The van der Waals surface area contributed by atoms with Crippen LogP contribution < -0.4 is 0 Å². The third kappa shape index (κ3) is 1.64. The summed E-state index contributed by atoms with van der Waals surface area (Å²) < 4.78 is 0. The Hall–Kier alpha value is -0.530. The Labute approximate surface area is 120 Å². The molecule has 19 heavy (non-hydrogen) atoms. The van der Waals surface area contributed by atoms with Crippen LogP contribution in [0.5, 0.6) is 0 Å². The van der Waals surface area contributed by atoms with Gasteiger partial charge >= 0.3 is 0 Å². The van der Waals surface area contributed by atoms with E-state index in [1.807, 2.05) is 0 Å². The first-order chi connectivity index (χ1) is 9.21. The number of likely N-dealkylation sites (N-methyl/N-ethyl adjacent to an activating group) is 1. The highest BCUT2D eigenvalue weighted by molar-refractivity contribution is 6.30. The molecule has 0 spiro atoms. The van der Waals surface area contributed by atoms with Crippen LogP contribution in [0.4, 0.5) is 0 Å². The molecule has 0 radical (unpaired) electrons. The minimum absolute atomic E-state index is 0.452. The molecule has 1 aromatic rings. The van der Waals surface area contributed by atoms with E-state index in [-0.39, 0.29) is 0 Å². The normalized spacial score (nSPS) is 37.6. The number of benzene rings is 1. The van der Waals surface area contributed by atoms with E-state index in [4.69, 9.17) is 11.6 Å². The summed E-state index contributed by atoms with van der Waals surface area (Å²) in [7, 11) is 2.32. The van der Waals surface area contributed by atoms with Gasteiger partial charge in [-0.25, -0.2) is 0 Å². The van der Waals surface area contributed by atoms with Gasteiger partial charge in [0.15, 0.2) is 0 Å². The van der Waals surface area contributed by atoms with Gasteiger partial charge in [0.2, 0.25) is 0 Å². The topological polar surface area (TPSA) is 3.24 Å². The second kappa shape index (κ2) is 4.23. The molecule has 2 bridgehead atoms. The maximum absolute atomic E-state index is 6.30. The van der Waals surface area contributed by atoms with Gasteiger partial charge in [0.05, 0.1) is 0 Å². The van der Waals surface area contributed by atoms with E-state index in [0.29, 0.717) is 5.41 Å². The monoisotopic (exact) mass is 275 g/mol. The summed E-state index contributed by atoms with van der Waals surface area (Å²) in [6.07, 6.45) is 8.19. The summed E-state index contributed by atoms with van der Waals surface area (Å²) in [5, 5.41) is 0.926. The van der Waals surface area contributed by atoms with Crippen molar-refractivity contribution in [1.82, 2.24) is 4.90 Å². The van der Waals surface area contributed by atoms with Crippen LogP contribution in [0.3, 0.4) is 0 Å². The summed E-state index contributed by atoms with van der Waals surface area (Å²) in [6, 6.07) is 7.42. The van der Waals surface area contributed by atoms with Crippen LogP contribution >= 0.6 is 11.6 Å². The van der Waals surface area contributed by atoms with Gasteiger partial charge in [-0.05, 0) is 68.5 Å². The van der Waals surface area contributed by atoms with Crippen molar-refractivity contribution >= 4 is 11.6 Å². The van der Waals surface area contributed by atoms with Gasteiger partial charge in [-0.3, -0.25) is 0 Å². The number of nitrogens with zero attached hydrogens (tertiary/aromatic N) is 1. The summed E-state index contributed by atoms with van der Waals surface area (Å²) in [5.74, 6) is 0.867. The molecule has 2 fully saturated rings. The minimum atomic E-state index is 0.452. The Balaban J connectivity index is 1.90. The Morgan fingerprint density at radius 2 is 2.16 bits per heavy atom. The lowest BCUT2D eigenvalue weighted by atomic mass is 9.52. The van der Waals surface area contributed by atoms with Crippen LogP contribution in [-0.4, -0.2) is 24.5 Å². The summed E-state index contributed by atoms with van der Waals surface area (Å²) in [4.78, 5) is 2.62. The van der Waals surface area contributed by atoms with Crippen molar-refractivity contribution in [2.45, 2.75) is 50.0 Å². The molecule has 4 rings (SSSR count). The zero-order valence-electron chi connectivity index (χ0n) is 11.7. The van der Waals surface area contributed by atoms with E-state index in [9.17, 15) is 0 Å². The highest BCUT2D eigenvalue weighted by Crippen LogP contribution is 2.55. The average Bonchev–Trinajstić information content (AvgIpc) is 2.43. The lowest BCUT2D eigenvalue weighted by Crippen LogP contribution is -2.59. The SMILES string of the molecule is CN1CC[C@]23CCCCC2[C@H]1Cc1ccc(Cl)cc13. The highest BCUT2D eigenvalue weighted by atomic mass is 35.5. The van der Waals surface area contributed by atoms with Gasteiger partial charge in [0.25, 0.3) is 0 Å². The van der Waals surface area contributed by atoms with Crippen LogP contribution in [0.2, 0.25) is 5.02 Å². The fraction of sp³-hybridized carbons (Fsp3) is 0.647. The van der Waals surface area contributed by atoms with E-state index in [1.54, 1.807) is 11.1 Å². The largest absolute Gasteiger partial charge is 0.303 e. The number of hydrogen-bond donors (Lipinski definition) is 0. The van der Waals surface area contributed by atoms with Gasteiger partial charge in [-0.15, -0.1) is 0 Å². The van der Waals surface area contributed by atoms with Crippen molar-refractivity contribution in [3.05, 3.63) is 34.3 Å². The molecule has 1 nitrogen and oxygen atoms in total. The number of rotatable bonds is 0. The van der Waals surface area contributed by atoms with Crippen LogP contribution in [0.25, 0.3) is 0 Å². The number of fused-ring (bicyclic) bond motifs is 1. The molecule has 2 heteroatoms. The minimum Gasteiger partial charge on any atom is -0.303 e. The van der Waals surface area contributed by atoms with Crippen molar-refractivity contribution in [2.75, 3.05) is 13.6 Å². The van der Waals surface area contributed by atoms with E-state index >= 15 is 0 Å². The summed E-state index contributed by atoms with van der Waals surface area (Å²) in [5.41, 5.74) is 3.63. The first-order valence-corrected chi connectivity index (χ1v) is 8.08. The second-order valence-corrected chi connectivity index (χ2v) is 7.25. The van der Waals surface area contributed by atoms with E-state index in [1.165, 1.54) is 45.1 Å². The fourth-order valence-electron chi connectivity index (χ4n) is 5.17. The lowest BCUT2D eigenvalue weighted by molar-refractivity contribution is 0.00287. The highest BCUT2D eigenvalue weighted by Gasteiger charge is 2.52. The zero-order valence-corrected chi connectivity index (χ0v) is 12.4. The van der Waals surface area contributed by atoms with Crippen LogP contribution in [0.1, 0.15) is 43.2 Å². The second-order valence-electron chi connectivity index (χ2n) is 6.81. The van der Waals surface area contributed by atoms with Crippen LogP contribution in [0, 0.1) is 5.92 Å². The molecule has 1 heterocycles. The van der Waals surface area contributed by atoms with Gasteiger partial charge in [-0.2, -0.15) is 0 Å². The van der Waals surface area contributed by atoms with Crippen molar-refractivity contribution in [1.29, 1.82) is 0 Å². The molecule has 1 aromatic carbocycles. The Bertz CT molecular complexity index is 512. The standard InChI is InChI=1S/C17H22ClN/c1-19-9-8-17-7-3-2-4-14(17)16(19)10-12-5-6-13(18)11-15(12)17/h5-6,11,14,16H,2-4,7-10H2,1H3/t14?,16-,17-/m1/s1. The molecule has 1 saturated heterocycles. The summed E-state index contributed by atoms with van der Waals surface area (Å²) in [6.45, 7) is 1.26. The first kappa shape index (κ1) is 12.2. The maximum atomic E-state index is 6.30. The molecule has 1 saturated carbocycles. The lowest BCUT2D eigenvalue weighted by Gasteiger charge is -2.58. The Morgan fingerprint density at radius 3 is 3.05 bits per heavy atom. The molecule has 0 N–H and O–H groups in total. The first-order valence-electron chi connectivity index (χ1n) is 7.70. The van der Waals surface area contributed by atoms with Crippen molar-refractivity contribution in [3.63, 3.8) is 0 Å². The molecule has 0 amide bonds.